The van der Waals surface area contributed by atoms with Gasteiger partial charge in [-0.3, -0.25) is 4.79 Å². The average Bonchev–Trinajstić information content (AvgIpc) is 2.91. The van der Waals surface area contributed by atoms with Crippen molar-refractivity contribution in [3.05, 3.63) is 49.4 Å². The molecule has 1 aliphatic rings. The predicted octanol–water partition coefficient (Wildman–Crippen LogP) is 4.21. The number of hydrogen-bond acceptors (Lipinski definition) is 5. The number of aliphatic hydroxyl groups excluding tert-OH is 1. The van der Waals surface area contributed by atoms with Gasteiger partial charge in [0.15, 0.2) is 0 Å². The lowest BCUT2D eigenvalue weighted by molar-refractivity contribution is -0.111. The van der Waals surface area contributed by atoms with Gasteiger partial charge in [-0.1, -0.05) is 34.8 Å². The van der Waals surface area contributed by atoms with Gasteiger partial charge in [-0.05, 0) is 24.3 Å². The second kappa shape index (κ2) is 6.37. The van der Waals surface area contributed by atoms with Crippen molar-refractivity contribution in [3.8, 4) is 0 Å². The molecular weight excluding hydrogens is 431 g/mol. The smallest absolute Gasteiger partial charge is 0.267 e. The number of anilines is 1. The third-order valence-corrected chi connectivity index (χ3v) is 7.19. The summed E-state index contributed by atoms with van der Waals surface area (Å²) in [6.07, 6.45) is 0. The van der Waals surface area contributed by atoms with Gasteiger partial charge >= 0.3 is 0 Å². The number of thiophene rings is 1. The first kappa shape index (κ1) is 18.3. The van der Waals surface area contributed by atoms with Gasteiger partial charge in [0, 0.05) is 12.1 Å². The fourth-order valence-electron chi connectivity index (χ4n) is 2.21. The van der Waals surface area contributed by atoms with Crippen LogP contribution in [0.2, 0.25) is 14.4 Å². The van der Waals surface area contributed by atoms with E-state index in [4.69, 9.17) is 34.8 Å². The SMILES string of the molecule is CN1C(O)=C(C(=O)Nc2ccc(Cl)cc2Cl)c2sc(Cl)cc2S1(=O)=O. The van der Waals surface area contributed by atoms with Crippen LogP contribution in [-0.2, 0) is 14.8 Å². The zero-order valence-corrected chi connectivity index (χ0v) is 16.3. The number of nitrogens with zero attached hydrogens (tertiary/aromatic N) is 1. The van der Waals surface area contributed by atoms with Gasteiger partial charge in [0.05, 0.1) is 19.9 Å². The van der Waals surface area contributed by atoms with E-state index in [0.717, 1.165) is 18.4 Å². The highest BCUT2D eigenvalue weighted by Gasteiger charge is 2.39. The summed E-state index contributed by atoms with van der Waals surface area (Å²) in [5.41, 5.74) is 0.0481. The number of halogens is 3. The molecule has 2 aromatic rings. The molecule has 1 aromatic heterocycles. The maximum atomic E-state index is 12.7. The molecule has 0 unspecified atom stereocenters. The summed E-state index contributed by atoms with van der Waals surface area (Å²) >= 11 is 18.6. The Morgan fingerprint density at radius 2 is 1.92 bits per heavy atom. The summed E-state index contributed by atoms with van der Waals surface area (Å²) in [6.45, 7) is 0. The summed E-state index contributed by atoms with van der Waals surface area (Å²) in [5, 5.41) is 13.4. The third-order valence-electron chi connectivity index (χ3n) is 3.46. The third kappa shape index (κ3) is 3.09. The minimum atomic E-state index is -3.97. The summed E-state index contributed by atoms with van der Waals surface area (Å²) < 4.78 is 25.5. The molecule has 2 heterocycles. The molecule has 0 aliphatic carbocycles. The first-order chi connectivity index (χ1) is 11.6. The Bertz CT molecular complexity index is 1030. The maximum absolute atomic E-state index is 12.7. The Labute approximate surface area is 162 Å². The number of carbonyl (C=O) groups excluding carboxylic acids is 1. The Morgan fingerprint density at radius 3 is 2.56 bits per heavy atom. The molecule has 0 fully saturated rings. The molecule has 6 nitrogen and oxygen atoms in total. The highest BCUT2D eigenvalue weighted by molar-refractivity contribution is 7.89. The first-order valence-corrected chi connectivity index (χ1v) is 10.00. The maximum Gasteiger partial charge on any atom is 0.267 e. The van der Waals surface area contributed by atoms with Gasteiger partial charge < -0.3 is 10.4 Å². The lowest BCUT2D eigenvalue weighted by atomic mass is 10.2. The zero-order valence-electron chi connectivity index (χ0n) is 12.4. The quantitative estimate of drug-likeness (QED) is 0.734. The lowest BCUT2D eigenvalue weighted by Gasteiger charge is -2.25. The molecule has 0 atom stereocenters. The van der Waals surface area contributed by atoms with E-state index in [1.807, 2.05) is 0 Å². The van der Waals surface area contributed by atoms with Gasteiger partial charge in [0.1, 0.15) is 10.5 Å². The number of hydrogen-bond donors (Lipinski definition) is 2. The van der Waals surface area contributed by atoms with Crippen LogP contribution in [0.25, 0.3) is 5.57 Å². The molecule has 132 valence electrons. The Morgan fingerprint density at radius 1 is 1.24 bits per heavy atom. The number of aliphatic hydroxyl groups is 1. The summed E-state index contributed by atoms with van der Waals surface area (Å²) in [7, 11) is -2.83. The molecule has 0 saturated heterocycles. The van der Waals surface area contributed by atoms with E-state index in [1.165, 1.54) is 24.3 Å². The topological polar surface area (TPSA) is 86.7 Å². The van der Waals surface area contributed by atoms with Gasteiger partial charge in [-0.15, -0.1) is 11.3 Å². The Balaban J connectivity index is 2.09. The van der Waals surface area contributed by atoms with Crippen LogP contribution in [-0.4, -0.2) is 30.8 Å². The summed E-state index contributed by atoms with van der Waals surface area (Å²) in [6, 6.07) is 5.70. The number of fused-ring (bicyclic) bond motifs is 1. The molecular formula is C14H9Cl3N2O4S2. The first-order valence-electron chi connectivity index (χ1n) is 6.61. The fourth-order valence-corrected chi connectivity index (χ4v) is 5.62. The lowest BCUT2D eigenvalue weighted by Crippen LogP contribution is -2.33. The number of amides is 1. The van der Waals surface area contributed by atoms with Crippen molar-refractivity contribution < 1.29 is 18.3 Å². The van der Waals surface area contributed by atoms with Crippen LogP contribution in [0.4, 0.5) is 5.69 Å². The van der Waals surface area contributed by atoms with Crippen LogP contribution in [0.1, 0.15) is 4.88 Å². The minimum absolute atomic E-state index is 0.0585. The van der Waals surface area contributed by atoms with Gasteiger partial charge in [-0.2, -0.15) is 0 Å². The normalized spacial score (nSPS) is 15.9. The van der Waals surface area contributed by atoms with E-state index in [-0.39, 0.29) is 30.4 Å². The molecule has 0 radical (unpaired) electrons. The van der Waals surface area contributed by atoms with E-state index in [2.05, 4.69) is 5.32 Å². The largest absolute Gasteiger partial charge is 0.493 e. The number of carbonyl (C=O) groups is 1. The highest BCUT2D eigenvalue weighted by atomic mass is 35.5. The molecule has 11 heteroatoms. The molecule has 25 heavy (non-hydrogen) atoms. The van der Waals surface area contributed by atoms with Crippen molar-refractivity contribution in [1.29, 1.82) is 0 Å². The van der Waals surface area contributed by atoms with E-state index in [1.54, 1.807) is 0 Å². The summed E-state index contributed by atoms with van der Waals surface area (Å²) in [4.78, 5) is 12.6. The zero-order chi connectivity index (χ0) is 18.5. The minimum Gasteiger partial charge on any atom is -0.493 e. The van der Waals surface area contributed by atoms with Crippen LogP contribution in [0.5, 0.6) is 0 Å². The van der Waals surface area contributed by atoms with Crippen LogP contribution < -0.4 is 5.32 Å². The molecule has 2 N–H and O–H groups in total. The predicted molar refractivity (Wildman–Crippen MR) is 98.9 cm³/mol. The highest BCUT2D eigenvalue weighted by Crippen LogP contribution is 2.42. The second-order valence-corrected chi connectivity index (χ2v) is 9.46. The average molecular weight is 440 g/mol. The molecule has 0 spiro atoms. The molecule has 0 bridgehead atoms. The molecule has 3 rings (SSSR count). The van der Waals surface area contributed by atoms with Crippen LogP contribution in [0, 0.1) is 0 Å². The van der Waals surface area contributed by atoms with Crippen LogP contribution in [0.15, 0.2) is 35.0 Å². The van der Waals surface area contributed by atoms with Crippen molar-refractivity contribution in [3.63, 3.8) is 0 Å². The van der Waals surface area contributed by atoms with E-state index in [9.17, 15) is 18.3 Å². The standard InChI is InChI=1S/C14H9Cl3N2O4S2/c1-19-14(21)11(12-9(25(19,22)23)5-10(17)24-12)13(20)18-8-3-2-6(15)4-7(8)16/h2-5,21H,1H3,(H,18,20). The molecule has 1 amide bonds. The van der Waals surface area contributed by atoms with Gasteiger partial charge in [0.25, 0.3) is 15.9 Å². The van der Waals surface area contributed by atoms with Crippen LogP contribution >= 0.6 is 46.1 Å². The fraction of sp³-hybridized carbons (Fsp3) is 0.0714. The van der Waals surface area contributed by atoms with Crippen molar-refractivity contribution >= 4 is 73.3 Å². The van der Waals surface area contributed by atoms with Crippen molar-refractivity contribution in [2.75, 3.05) is 12.4 Å². The number of rotatable bonds is 2. The van der Waals surface area contributed by atoms with E-state index >= 15 is 0 Å². The Kier molecular flexibility index (Phi) is 4.67. The number of sulfonamides is 1. The molecule has 1 aromatic carbocycles. The second-order valence-electron chi connectivity index (χ2n) is 4.99. The molecule has 1 aliphatic heterocycles. The number of nitrogens with one attached hydrogen (secondary N) is 1. The number of benzene rings is 1. The van der Waals surface area contributed by atoms with Crippen molar-refractivity contribution in [2.45, 2.75) is 4.90 Å². The van der Waals surface area contributed by atoms with E-state index < -0.39 is 21.8 Å². The van der Waals surface area contributed by atoms with Gasteiger partial charge in [-0.25, -0.2) is 12.7 Å². The molecule has 0 saturated carbocycles. The van der Waals surface area contributed by atoms with E-state index in [0.29, 0.717) is 9.33 Å². The van der Waals surface area contributed by atoms with Gasteiger partial charge in [0.2, 0.25) is 5.88 Å². The monoisotopic (exact) mass is 438 g/mol. The van der Waals surface area contributed by atoms with Crippen molar-refractivity contribution in [1.82, 2.24) is 4.31 Å². The van der Waals surface area contributed by atoms with Crippen molar-refractivity contribution in [2.24, 2.45) is 0 Å². The summed E-state index contributed by atoms with van der Waals surface area (Å²) in [5.74, 6) is -1.43. The van der Waals surface area contributed by atoms with Crippen LogP contribution in [0.3, 0.4) is 0 Å². The Hall–Kier alpha value is -1.45.